The van der Waals surface area contributed by atoms with Crippen LogP contribution in [0.1, 0.15) is 32.2 Å². The van der Waals surface area contributed by atoms with Crippen LogP contribution in [0.25, 0.3) is 56.4 Å². The summed E-state index contributed by atoms with van der Waals surface area (Å²) in [5.74, 6) is 5.25. The Morgan fingerprint density at radius 2 is 0.795 bits per heavy atom. The molecule has 0 unspecified atom stereocenters. The van der Waals surface area contributed by atoms with Crippen molar-refractivity contribution >= 4 is 88.1 Å². The van der Waals surface area contributed by atoms with E-state index in [4.69, 9.17) is 106 Å². The van der Waals surface area contributed by atoms with Gasteiger partial charge in [0.2, 0.25) is 53.0 Å². The van der Waals surface area contributed by atoms with Gasteiger partial charge in [-0.25, -0.2) is 58.5 Å². The fourth-order valence-electron chi connectivity index (χ4n) is 11.4. The molecule has 35 nitrogen and oxygen atoms in total. The number of amides is 4. The summed E-state index contributed by atoms with van der Waals surface area (Å²) in [7, 11) is 12.2. The summed E-state index contributed by atoms with van der Waals surface area (Å²) in [4.78, 5) is 62.4. The van der Waals surface area contributed by atoms with Crippen LogP contribution < -0.4 is 99.0 Å². The zero-order valence-electron chi connectivity index (χ0n) is 66.8. The smallest absolute Gasteiger partial charge is 0.338 e. The van der Waals surface area contributed by atoms with Gasteiger partial charge in [-0.15, -0.1) is 0 Å². The lowest BCUT2D eigenvalue weighted by atomic mass is 10.1. The van der Waals surface area contributed by atoms with Gasteiger partial charge in [0.15, 0.2) is 23.0 Å². The monoisotopic (exact) mass is 1710 g/mol. The number of benzene rings is 9. The molecule has 0 fully saturated rings. The average molecular weight is 1710 g/mol. The number of nitrogens with zero attached hydrogens (tertiary/aromatic N) is 12. The summed E-state index contributed by atoms with van der Waals surface area (Å²) in [6.45, 7) is 0.873. The van der Waals surface area contributed by atoms with Crippen molar-refractivity contribution in [3.05, 3.63) is 281 Å². The molecule has 0 saturated heterocycles. The van der Waals surface area contributed by atoms with Crippen molar-refractivity contribution in [3.63, 3.8) is 0 Å². The third-order valence-corrected chi connectivity index (χ3v) is 18.4. The van der Waals surface area contributed by atoms with Gasteiger partial charge < -0.3 is 87.3 Å². The fourth-order valence-corrected chi connectivity index (χ4v) is 11.8. The zero-order valence-corrected chi connectivity index (χ0v) is 69.1. The molecule has 16 N–H and O–H groups in total. The maximum absolute atomic E-state index is 12.7. The first-order chi connectivity index (χ1) is 59.1. The average Bonchev–Trinajstić information content (AvgIpc) is 1.03. The van der Waals surface area contributed by atoms with Crippen molar-refractivity contribution in [2.45, 2.75) is 13.1 Å². The van der Waals surface area contributed by atoms with E-state index in [9.17, 15) is 14.4 Å². The lowest BCUT2D eigenvalue weighted by Gasteiger charge is -2.14. The van der Waals surface area contributed by atoms with Crippen molar-refractivity contribution < 1.29 is 56.8 Å². The molecule has 15 rings (SSSR count). The van der Waals surface area contributed by atoms with Gasteiger partial charge in [-0.2, -0.15) is 4.98 Å². The Morgan fingerprint density at radius 3 is 1.19 bits per heavy atom. The number of rotatable bonds is 25. The number of nitrogens with two attached hydrogens (primary N) is 5. The number of ether oxygens (including phenoxy) is 8. The number of anilines is 6. The molecular weight excluding hydrogens is 1630 g/mol. The minimum atomic E-state index is -0.489. The predicted molar refractivity (Wildman–Crippen MR) is 470 cm³/mol. The summed E-state index contributed by atoms with van der Waals surface area (Å²) in [6.07, 6.45) is 10.00. The molecule has 0 bridgehead atoms. The van der Waals surface area contributed by atoms with E-state index in [2.05, 4.69) is 67.5 Å². The molecule has 9 aromatic carbocycles. The molecule has 6 heterocycles. The third kappa shape index (κ3) is 22.9. The van der Waals surface area contributed by atoms with Crippen LogP contribution in [0.15, 0.2) is 248 Å². The quantitative estimate of drug-likeness (QED) is 0.0253. The molecule has 0 aliphatic carbocycles. The summed E-state index contributed by atoms with van der Waals surface area (Å²) in [5, 5.41) is 8.03. The first kappa shape index (κ1) is 87.1. The van der Waals surface area contributed by atoms with E-state index in [0.29, 0.717) is 114 Å². The molecule has 0 radical (unpaired) electrons. The SMILES string of the molecule is COc1cc(C(=O)Nn2cc(-c3ccccc3)nc2N)cc(OC)c1OC.COc1cc(C(=O)Nn2ccnc2N)cc(OC)c1OC.COc1cc(CNn2cc(-c3ccccc3)nc2N)cc(OC)c1.Nc1nc(-c2ccccc2)cn1NC(=O)Nc1ccc(Cl)c(Cl)c1.Nc1nc(-c2ccccc2)cn1NCc1nc(-c2ccc(Cl)cc2)no1. The van der Waals surface area contributed by atoms with E-state index in [1.807, 2.05) is 164 Å². The van der Waals surface area contributed by atoms with E-state index in [1.165, 1.54) is 69.1 Å². The summed E-state index contributed by atoms with van der Waals surface area (Å²) < 4.78 is 54.6. The summed E-state index contributed by atoms with van der Waals surface area (Å²) in [5.41, 5.74) is 53.2. The lowest BCUT2D eigenvalue weighted by molar-refractivity contribution is 0.0999. The van der Waals surface area contributed by atoms with Crippen LogP contribution in [0.5, 0.6) is 46.0 Å². The predicted octanol–water partition coefficient (Wildman–Crippen LogP) is 14.1. The van der Waals surface area contributed by atoms with Gasteiger partial charge in [-0.05, 0) is 84.4 Å². The van der Waals surface area contributed by atoms with Gasteiger partial charge in [0.05, 0.1) is 121 Å². The topological polar surface area (TPSA) is 455 Å². The maximum atomic E-state index is 12.7. The van der Waals surface area contributed by atoms with Crippen molar-refractivity contribution in [2.75, 3.05) is 118 Å². The van der Waals surface area contributed by atoms with Crippen LogP contribution in [0.2, 0.25) is 15.1 Å². The van der Waals surface area contributed by atoms with Gasteiger partial charge in [0.25, 0.3) is 11.8 Å². The Labute approximate surface area is 714 Å². The number of urea groups is 1. The number of hydrogen-bond donors (Lipinski definition) is 11. The van der Waals surface area contributed by atoms with E-state index in [1.54, 1.807) is 90.6 Å². The molecule has 4 amide bonds. The number of carbonyl (C=O) groups is 3. The largest absolute Gasteiger partial charge is 0.497 e. The molecule has 0 aliphatic heterocycles. The van der Waals surface area contributed by atoms with Gasteiger partial charge in [0, 0.05) is 68.1 Å². The Kier molecular flexibility index (Phi) is 29.9. The minimum absolute atomic E-state index is 0.162. The first-order valence-electron chi connectivity index (χ1n) is 36.5. The van der Waals surface area contributed by atoms with Crippen molar-refractivity contribution in [3.8, 4) is 102 Å². The number of imidazole rings is 5. The number of halogens is 3. The number of methoxy groups -OCH3 is 8. The molecule has 15 aromatic rings. The molecule has 38 heteroatoms. The summed E-state index contributed by atoms with van der Waals surface area (Å²) in [6, 6.07) is 62.2. The highest BCUT2D eigenvalue weighted by Crippen LogP contribution is 2.40. The maximum Gasteiger partial charge on any atom is 0.338 e. The zero-order chi connectivity index (χ0) is 86.8. The molecule has 6 aromatic heterocycles. The van der Waals surface area contributed by atoms with Crippen LogP contribution in [-0.4, -0.2) is 133 Å². The molecule has 0 saturated carbocycles. The Bertz CT molecular complexity index is 5920. The minimum Gasteiger partial charge on any atom is -0.497 e. The first-order valence-corrected chi connectivity index (χ1v) is 37.7. The molecule has 0 aliphatic rings. The Hall–Kier alpha value is -15.8. The van der Waals surface area contributed by atoms with Gasteiger partial charge in [-0.3, -0.25) is 20.4 Å². The third-order valence-electron chi connectivity index (χ3n) is 17.4. The number of hydrogen-bond acceptors (Lipinski definition) is 26. The van der Waals surface area contributed by atoms with Gasteiger partial charge in [-0.1, -0.05) is 161 Å². The van der Waals surface area contributed by atoms with Crippen LogP contribution in [0.4, 0.5) is 40.2 Å². The fraction of sp³-hybridized carbons (Fsp3) is 0.119. The normalized spacial score (nSPS) is 10.4. The van der Waals surface area contributed by atoms with E-state index < -0.39 is 11.9 Å². The molecule has 0 spiro atoms. The van der Waals surface area contributed by atoms with E-state index in [-0.39, 0.29) is 23.8 Å². The molecule has 0 atom stereocenters. The second-order valence-corrected chi connectivity index (χ2v) is 26.6. The van der Waals surface area contributed by atoms with Crippen LogP contribution in [0, 0.1) is 0 Å². The molecule has 628 valence electrons. The second-order valence-electron chi connectivity index (χ2n) is 25.4. The van der Waals surface area contributed by atoms with Crippen molar-refractivity contribution in [2.24, 2.45) is 0 Å². The van der Waals surface area contributed by atoms with E-state index in [0.717, 1.165) is 56.3 Å². The van der Waals surface area contributed by atoms with Crippen LogP contribution >= 0.6 is 34.8 Å². The molecule has 122 heavy (non-hydrogen) atoms. The summed E-state index contributed by atoms with van der Waals surface area (Å²) >= 11 is 17.6. The Morgan fingerprint density at radius 1 is 0.393 bits per heavy atom. The van der Waals surface area contributed by atoms with Gasteiger partial charge in [0.1, 0.15) is 18.0 Å². The molecular formula is C84H84Cl3N23O12. The van der Waals surface area contributed by atoms with Crippen LogP contribution in [-0.2, 0) is 13.1 Å². The number of carbonyl (C=O) groups excluding carboxylic acids is 3. The Balaban J connectivity index is 0.000000149. The van der Waals surface area contributed by atoms with Crippen LogP contribution in [0.3, 0.4) is 0 Å². The highest BCUT2D eigenvalue weighted by Gasteiger charge is 2.22. The highest BCUT2D eigenvalue weighted by atomic mass is 35.5. The second kappa shape index (κ2) is 41.9. The van der Waals surface area contributed by atoms with Gasteiger partial charge >= 0.3 is 6.03 Å². The number of nitrogens with one attached hydrogen (secondary N) is 6. The van der Waals surface area contributed by atoms with E-state index >= 15 is 0 Å². The number of aromatic nitrogens is 12. The van der Waals surface area contributed by atoms with Crippen molar-refractivity contribution in [1.29, 1.82) is 0 Å². The highest BCUT2D eigenvalue weighted by molar-refractivity contribution is 6.42. The standard InChI is InChI=1S/C19H20N4O4.C18H15ClN6O.C18H20N4O2.C16H13Cl2N5O.C13H16N4O4/c1-25-15-9-13(10-16(26-2)17(15)27-3)18(24)22-23-11-14(21-19(23)20)12-7-5-4-6-8-12;19-14-8-6-13(7-9-14)17-23-16(26-24-17)10-21-25-11-15(22-18(25)20)12-4-2-1-3-5-12;1-23-15-8-13(9-16(10-15)24-2)11-20-22-12-17(21-18(22)19)14-6-4-3-5-7-14;17-12-7-6-11(8-13(12)18)20-16(24)22-23-9-14(21-15(23)19)10-4-2-1-3-5-10;1-19-9-6-8(7-10(20-2)11(9)21-3)12(18)16-17-5-4-15-13(17)14/h4-11H,1-3H3,(H2,20,21)(H,22,24);1-9,11,21H,10H2,(H2,20,22);3-10,12,20H,11H2,1-2H3,(H2,19,21);1-9H,(H2,19,21)(H2,20,22,24);4-7H,1-3H3,(H2,14,15)(H,16,18). The lowest BCUT2D eigenvalue weighted by Crippen LogP contribution is -2.28. The van der Waals surface area contributed by atoms with Crippen molar-refractivity contribution in [1.82, 2.24) is 58.4 Å². The number of nitrogen functional groups attached to an aromatic ring is 5.